The topological polar surface area (TPSA) is 47.0 Å². The van der Waals surface area contributed by atoms with Crippen molar-refractivity contribution in [1.29, 1.82) is 0 Å². The van der Waals surface area contributed by atoms with Crippen LogP contribution in [0.2, 0.25) is 0 Å². The number of pyridine rings is 1. The summed E-state index contributed by atoms with van der Waals surface area (Å²) in [6, 6.07) is 32.5. The molecule has 0 radical (unpaired) electrons. The first kappa shape index (κ1) is 20.4. The van der Waals surface area contributed by atoms with Crippen LogP contribution in [0.4, 0.5) is 0 Å². The third-order valence-corrected chi connectivity index (χ3v) is 9.46. The second-order valence-electron chi connectivity index (χ2n) is 7.63. The molecule has 0 aliphatic carbocycles. The molecule has 33 heavy (non-hydrogen) atoms. The fraction of sp³-hybridized carbons (Fsp3) is 0. The fourth-order valence-corrected chi connectivity index (χ4v) is 7.77. The standard InChI is InChI=1S/C27H17NO2S3/c29-33(30,20-11-5-2-6-12-20)26-22-17-19(31-18-9-3-1-4-10-18)15-16-23(22)28-27-25(26)21-13-7-8-14-24(21)32-27/h1-17H. The van der Waals surface area contributed by atoms with Gasteiger partial charge in [-0.1, -0.05) is 66.4 Å². The van der Waals surface area contributed by atoms with E-state index in [1.54, 1.807) is 36.0 Å². The maximum atomic E-state index is 14.0. The highest BCUT2D eigenvalue weighted by molar-refractivity contribution is 7.99. The lowest BCUT2D eigenvalue weighted by molar-refractivity contribution is 0.597. The van der Waals surface area contributed by atoms with Crippen molar-refractivity contribution in [1.82, 2.24) is 4.98 Å². The first-order chi connectivity index (χ1) is 16.1. The number of aromatic nitrogens is 1. The van der Waals surface area contributed by atoms with Gasteiger partial charge in [0.15, 0.2) is 0 Å². The van der Waals surface area contributed by atoms with E-state index in [4.69, 9.17) is 4.98 Å². The molecule has 0 bridgehead atoms. The zero-order valence-electron chi connectivity index (χ0n) is 17.3. The maximum Gasteiger partial charge on any atom is 0.207 e. The molecule has 0 saturated carbocycles. The first-order valence-corrected chi connectivity index (χ1v) is 13.5. The van der Waals surface area contributed by atoms with Crippen molar-refractivity contribution >= 4 is 64.1 Å². The van der Waals surface area contributed by atoms with Crippen molar-refractivity contribution in [2.45, 2.75) is 19.6 Å². The second-order valence-corrected chi connectivity index (χ2v) is 11.7. The van der Waals surface area contributed by atoms with E-state index in [1.807, 2.05) is 78.9 Å². The average Bonchev–Trinajstić information content (AvgIpc) is 3.21. The molecule has 6 heteroatoms. The van der Waals surface area contributed by atoms with Gasteiger partial charge in [0.1, 0.15) is 4.83 Å². The van der Waals surface area contributed by atoms with Crippen molar-refractivity contribution in [3.05, 3.63) is 103 Å². The molecule has 0 amide bonds. The summed E-state index contributed by atoms with van der Waals surface area (Å²) in [6.07, 6.45) is 0. The normalized spacial score (nSPS) is 12.0. The summed E-state index contributed by atoms with van der Waals surface area (Å²) in [7, 11) is -3.79. The number of benzene rings is 4. The van der Waals surface area contributed by atoms with Crippen molar-refractivity contribution in [3.63, 3.8) is 0 Å². The zero-order chi connectivity index (χ0) is 22.4. The third kappa shape index (κ3) is 3.51. The van der Waals surface area contributed by atoms with Gasteiger partial charge in [-0.2, -0.15) is 0 Å². The largest absolute Gasteiger partial charge is 0.237 e. The van der Waals surface area contributed by atoms with E-state index in [-0.39, 0.29) is 4.90 Å². The Bertz CT molecular complexity index is 1740. The van der Waals surface area contributed by atoms with Crippen LogP contribution >= 0.6 is 23.1 Å². The summed E-state index contributed by atoms with van der Waals surface area (Å²) in [5, 5.41) is 2.27. The Morgan fingerprint density at radius 1 is 0.697 bits per heavy atom. The van der Waals surface area contributed by atoms with Crippen LogP contribution in [-0.4, -0.2) is 13.4 Å². The van der Waals surface area contributed by atoms with E-state index in [0.29, 0.717) is 21.2 Å². The Balaban J connectivity index is 1.71. The summed E-state index contributed by atoms with van der Waals surface area (Å²) < 4.78 is 29.1. The Hall–Kier alpha value is -3.19. The van der Waals surface area contributed by atoms with Crippen LogP contribution < -0.4 is 0 Å². The number of sulfone groups is 1. The lowest BCUT2D eigenvalue weighted by Crippen LogP contribution is -2.04. The fourth-order valence-electron chi connectivity index (χ4n) is 4.05. The maximum absolute atomic E-state index is 14.0. The first-order valence-electron chi connectivity index (χ1n) is 10.4. The molecule has 2 aromatic heterocycles. The molecule has 4 aromatic carbocycles. The number of thiophene rings is 1. The van der Waals surface area contributed by atoms with Gasteiger partial charge in [0, 0.05) is 30.6 Å². The Labute approximate surface area is 199 Å². The molecule has 0 N–H and O–H groups in total. The number of nitrogens with zero attached hydrogens (tertiary/aromatic N) is 1. The second kappa shape index (κ2) is 7.99. The highest BCUT2D eigenvalue weighted by atomic mass is 32.2. The van der Waals surface area contributed by atoms with Gasteiger partial charge in [0.2, 0.25) is 9.84 Å². The van der Waals surface area contributed by atoms with E-state index in [2.05, 4.69) is 0 Å². The van der Waals surface area contributed by atoms with Gasteiger partial charge >= 0.3 is 0 Å². The van der Waals surface area contributed by atoms with Gasteiger partial charge in [-0.3, -0.25) is 0 Å². The quantitative estimate of drug-likeness (QED) is 0.259. The van der Waals surface area contributed by atoms with Gasteiger partial charge in [-0.25, -0.2) is 13.4 Å². The highest BCUT2D eigenvalue weighted by Crippen LogP contribution is 2.43. The van der Waals surface area contributed by atoms with Gasteiger partial charge in [-0.05, 0) is 48.5 Å². The molecule has 0 aliphatic rings. The molecule has 0 atom stereocenters. The van der Waals surface area contributed by atoms with Gasteiger partial charge in [0.05, 0.1) is 15.3 Å². The van der Waals surface area contributed by atoms with E-state index in [9.17, 15) is 8.42 Å². The molecule has 0 fully saturated rings. The minimum absolute atomic E-state index is 0.287. The number of hydrogen-bond donors (Lipinski definition) is 0. The molecule has 2 heterocycles. The Kier molecular flexibility index (Phi) is 4.94. The predicted octanol–water partition coefficient (Wildman–Crippen LogP) is 7.59. The van der Waals surface area contributed by atoms with Crippen LogP contribution in [0.15, 0.2) is 123 Å². The van der Waals surface area contributed by atoms with Crippen molar-refractivity contribution in [2.75, 3.05) is 0 Å². The van der Waals surface area contributed by atoms with Crippen molar-refractivity contribution in [2.24, 2.45) is 0 Å². The van der Waals surface area contributed by atoms with Crippen LogP contribution in [0, 0.1) is 0 Å². The van der Waals surface area contributed by atoms with E-state index in [1.165, 1.54) is 11.3 Å². The van der Waals surface area contributed by atoms with Gasteiger partial charge in [-0.15, -0.1) is 11.3 Å². The zero-order valence-corrected chi connectivity index (χ0v) is 19.8. The number of fused-ring (bicyclic) bond motifs is 4. The molecule has 0 unspecified atom stereocenters. The monoisotopic (exact) mass is 483 g/mol. The minimum atomic E-state index is -3.79. The van der Waals surface area contributed by atoms with E-state index < -0.39 is 9.84 Å². The summed E-state index contributed by atoms with van der Waals surface area (Å²) >= 11 is 3.14. The molecule has 160 valence electrons. The van der Waals surface area contributed by atoms with Crippen LogP contribution in [0.3, 0.4) is 0 Å². The molecule has 0 spiro atoms. The smallest absolute Gasteiger partial charge is 0.207 e. The minimum Gasteiger partial charge on any atom is -0.237 e. The summed E-state index contributed by atoms with van der Waals surface area (Å²) in [6.45, 7) is 0. The summed E-state index contributed by atoms with van der Waals surface area (Å²) in [5.74, 6) is 0. The molecule has 0 saturated heterocycles. The molecule has 0 aliphatic heterocycles. The van der Waals surface area contributed by atoms with Gasteiger partial charge < -0.3 is 0 Å². The highest BCUT2D eigenvalue weighted by Gasteiger charge is 2.27. The SMILES string of the molecule is O=S(=O)(c1ccccc1)c1c2cc(Sc3ccccc3)ccc2nc2sc3ccccc3c12. The predicted molar refractivity (Wildman–Crippen MR) is 137 cm³/mol. The average molecular weight is 484 g/mol. The van der Waals surface area contributed by atoms with Crippen molar-refractivity contribution in [3.8, 4) is 0 Å². The van der Waals surface area contributed by atoms with Crippen molar-refractivity contribution < 1.29 is 8.42 Å². The molecule has 6 aromatic rings. The number of rotatable bonds is 4. The lowest BCUT2D eigenvalue weighted by Gasteiger charge is -2.12. The van der Waals surface area contributed by atoms with E-state index in [0.717, 1.165) is 24.7 Å². The molecular formula is C27H17NO2S3. The Morgan fingerprint density at radius 2 is 1.39 bits per heavy atom. The summed E-state index contributed by atoms with van der Waals surface area (Å²) in [4.78, 5) is 8.30. The van der Waals surface area contributed by atoms with Crippen LogP contribution in [0.25, 0.3) is 31.2 Å². The Morgan fingerprint density at radius 3 is 2.18 bits per heavy atom. The lowest BCUT2D eigenvalue weighted by atomic mass is 10.1. The van der Waals surface area contributed by atoms with E-state index >= 15 is 0 Å². The number of hydrogen-bond acceptors (Lipinski definition) is 5. The van der Waals surface area contributed by atoms with Crippen LogP contribution in [0.5, 0.6) is 0 Å². The van der Waals surface area contributed by atoms with Crippen LogP contribution in [0.1, 0.15) is 0 Å². The molecule has 3 nitrogen and oxygen atoms in total. The molecular weight excluding hydrogens is 467 g/mol. The van der Waals surface area contributed by atoms with Gasteiger partial charge in [0.25, 0.3) is 0 Å². The van der Waals surface area contributed by atoms with Crippen LogP contribution in [-0.2, 0) is 9.84 Å². The molecule has 6 rings (SSSR count). The third-order valence-electron chi connectivity index (χ3n) is 5.54. The summed E-state index contributed by atoms with van der Waals surface area (Å²) in [5.41, 5.74) is 0.681.